The van der Waals surface area contributed by atoms with Gasteiger partial charge in [0.05, 0.1) is 18.3 Å². The third kappa shape index (κ3) is 2.47. The number of carbonyl (C=O) groups is 1. The topological polar surface area (TPSA) is 55.1 Å². The summed E-state index contributed by atoms with van der Waals surface area (Å²) in [5, 5.41) is 13.6. The molecule has 1 aromatic carbocycles. The van der Waals surface area contributed by atoms with Crippen molar-refractivity contribution in [3.8, 4) is 5.69 Å². The van der Waals surface area contributed by atoms with Gasteiger partial charge in [-0.15, -0.1) is 0 Å². The minimum atomic E-state index is -0.862. The lowest BCUT2D eigenvalue weighted by atomic mass is 10.2. The van der Waals surface area contributed by atoms with Crippen molar-refractivity contribution in [1.29, 1.82) is 0 Å². The largest absolute Gasteiger partial charge is 0.481 e. The maximum absolute atomic E-state index is 10.7. The summed E-state index contributed by atoms with van der Waals surface area (Å²) in [5.74, 6) is -0.862. The molecular weight excluding hydrogens is 240 g/mol. The highest BCUT2D eigenvalue weighted by Gasteiger charge is 2.10. The van der Waals surface area contributed by atoms with Gasteiger partial charge in [0.1, 0.15) is 0 Å². The Hall–Kier alpha value is -1.81. The van der Waals surface area contributed by atoms with Gasteiger partial charge in [-0.25, -0.2) is 4.68 Å². The van der Waals surface area contributed by atoms with Crippen LogP contribution in [-0.2, 0) is 11.2 Å². The Morgan fingerprint density at radius 3 is 2.94 bits per heavy atom. The summed E-state index contributed by atoms with van der Waals surface area (Å²) in [6, 6.07) is 7.26. The van der Waals surface area contributed by atoms with Gasteiger partial charge in [0.15, 0.2) is 0 Å². The first-order chi connectivity index (χ1) is 8.08. The minimum Gasteiger partial charge on any atom is -0.481 e. The van der Waals surface area contributed by atoms with Gasteiger partial charge in [0.2, 0.25) is 0 Å². The Morgan fingerprint density at radius 2 is 2.29 bits per heavy atom. The van der Waals surface area contributed by atoms with E-state index in [1.807, 2.05) is 19.1 Å². The van der Waals surface area contributed by atoms with Crippen LogP contribution in [0.2, 0.25) is 5.02 Å². The van der Waals surface area contributed by atoms with Gasteiger partial charge in [0.25, 0.3) is 0 Å². The summed E-state index contributed by atoms with van der Waals surface area (Å²) in [5.41, 5.74) is 2.35. The number of carboxylic acid groups (broad SMARTS) is 1. The first-order valence-corrected chi connectivity index (χ1v) is 5.47. The number of aliphatic carboxylic acids is 1. The number of rotatable bonds is 3. The zero-order chi connectivity index (χ0) is 12.4. The Labute approximate surface area is 103 Å². The maximum atomic E-state index is 10.7. The number of halogens is 1. The van der Waals surface area contributed by atoms with E-state index in [0.29, 0.717) is 10.6 Å². The number of benzene rings is 1. The molecule has 0 fully saturated rings. The normalized spacial score (nSPS) is 10.5. The van der Waals surface area contributed by atoms with Crippen molar-refractivity contribution in [2.24, 2.45) is 0 Å². The molecule has 0 aliphatic heterocycles. The molecule has 0 spiro atoms. The number of carboxylic acids is 1. The fourth-order valence-electron chi connectivity index (χ4n) is 1.65. The molecule has 0 unspecified atom stereocenters. The third-order valence-electron chi connectivity index (χ3n) is 2.51. The van der Waals surface area contributed by atoms with Crippen molar-refractivity contribution in [2.45, 2.75) is 13.3 Å². The molecule has 0 bridgehead atoms. The average molecular weight is 251 g/mol. The fourth-order valence-corrected chi connectivity index (χ4v) is 1.83. The highest BCUT2D eigenvalue weighted by atomic mass is 35.5. The second-order valence-corrected chi connectivity index (χ2v) is 4.15. The molecule has 1 heterocycles. The van der Waals surface area contributed by atoms with Crippen LogP contribution < -0.4 is 0 Å². The van der Waals surface area contributed by atoms with Crippen LogP contribution in [0.4, 0.5) is 0 Å². The third-order valence-corrected chi connectivity index (χ3v) is 2.74. The van der Waals surface area contributed by atoms with Crippen molar-refractivity contribution < 1.29 is 9.90 Å². The van der Waals surface area contributed by atoms with Crippen LogP contribution >= 0.6 is 11.6 Å². The van der Waals surface area contributed by atoms with E-state index in [-0.39, 0.29) is 6.42 Å². The van der Waals surface area contributed by atoms with E-state index in [0.717, 1.165) is 11.4 Å². The maximum Gasteiger partial charge on any atom is 0.307 e. The SMILES string of the molecule is Cc1c(CC(=O)O)cnn1-c1cccc(Cl)c1. The van der Waals surface area contributed by atoms with Gasteiger partial charge in [-0.2, -0.15) is 5.10 Å². The number of aromatic nitrogens is 2. The molecule has 0 aliphatic carbocycles. The zero-order valence-electron chi connectivity index (χ0n) is 9.22. The summed E-state index contributed by atoms with van der Waals surface area (Å²) in [7, 11) is 0. The lowest BCUT2D eigenvalue weighted by Crippen LogP contribution is -2.03. The van der Waals surface area contributed by atoms with Crippen LogP contribution in [0, 0.1) is 6.92 Å². The second kappa shape index (κ2) is 4.59. The zero-order valence-corrected chi connectivity index (χ0v) is 9.98. The standard InChI is InChI=1S/C12H11ClN2O2/c1-8-9(5-12(16)17)7-14-15(8)11-4-2-3-10(13)6-11/h2-4,6-7H,5H2,1H3,(H,16,17). The Kier molecular flexibility index (Phi) is 3.15. The van der Waals surface area contributed by atoms with E-state index in [2.05, 4.69) is 5.10 Å². The smallest absolute Gasteiger partial charge is 0.307 e. The highest BCUT2D eigenvalue weighted by molar-refractivity contribution is 6.30. The highest BCUT2D eigenvalue weighted by Crippen LogP contribution is 2.18. The number of nitrogens with zero attached hydrogens (tertiary/aromatic N) is 2. The first kappa shape index (κ1) is 11.7. The van der Waals surface area contributed by atoms with Gasteiger partial charge in [-0.3, -0.25) is 4.79 Å². The molecule has 0 amide bonds. The molecule has 2 aromatic rings. The molecule has 0 saturated carbocycles. The molecule has 0 aliphatic rings. The van der Waals surface area contributed by atoms with Crippen LogP contribution in [0.5, 0.6) is 0 Å². The van der Waals surface area contributed by atoms with Crippen molar-refractivity contribution >= 4 is 17.6 Å². The second-order valence-electron chi connectivity index (χ2n) is 3.72. The summed E-state index contributed by atoms with van der Waals surface area (Å²) in [4.78, 5) is 10.7. The van der Waals surface area contributed by atoms with E-state index >= 15 is 0 Å². The monoisotopic (exact) mass is 250 g/mol. The van der Waals surface area contributed by atoms with E-state index in [1.165, 1.54) is 0 Å². The van der Waals surface area contributed by atoms with Crippen molar-refractivity contribution in [3.05, 3.63) is 46.7 Å². The van der Waals surface area contributed by atoms with E-state index in [1.54, 1.807) is 23.0 Å². The van der Waals surface area contributed by atoms with Gasteiger partial charge in [0, 0.05) is 16.3 Å². The minimum absolute atomic E-state index is 0.0214. The fraction of sp³-hybridized carbons (Fsp3) is 0.167. The van der Waals surface area contributed by atoms with Crippen molar-refractivity contribution in [1.82, 2.24) is 9.78 Å². The molecule has 0 saturated heterocycles. The van der Waals surface area contributed by atoms with Crippen molar-refractivity contribution in [2.75, 3.05) is 0 Å². The lowest BCUT2D eigenvalue weighted by Gasteiger charge is -2.05. The van der Waals surface area contributed by atoms with E-state index in [9.17, 15) is 4.79 Å². The quantitative estimate of drug-likeness (QED) is 0.910. The molecule has 1 aromatic heterocycles. The number of hydrogen-bond acceptors (Lipinski definition) is 2. The first-order valence-electron chi connectivity index (χ1n) is 5.09. The molecule has 5 heteroatoms. The molecule has 0 atom stereocenters. The Bertz CT molecular complexity index is 563. The van der Waals surface area contributed by atoms with Gasteiger partial charge < -0.3 is 5.11 Å². The molecule has 4 nitrogen and oxygen atoms in total. The number of hydrogen-bond donors (Lipinski definition) is 1. The average Bonchev–Trinajstić information content (AvgIpc) is 2.60. The van der Waals surface area contributed by atoms with Crippen LogP contribution in [0.1, 0.15) is 11.3 Å². The molecule has 88 valence electrons. The molecule has 17 heavy (non-hydrogen) atoms. The van der Waals surface area contributed by atoms with Crippen LogP contribution in [-0.4, -0.2) is 20.9 Å². The van der Waals surface area contributed by atoms with E-state index < -0.39 is 5.97 Å². The van der Waals surface area contributed by atoms with E-state index in [4.69, 9.17) is 16.7 Å². The van der Waals surface area contributed by atoms with Gasteiger partial charge in [-0.05, 0) is 25.1 Å². The predicted octanol–water partition coefficient (Wildman–Crippen LogP) is 2.46. The van der Waals surface area contributed by atoms with Crippen molar-refractivity contribution in [3.63, 3.8) is 0 Å². The molecule has 0 radical (unpaired) electrons. The van der Waals surface area contributed by atoms with Crippen LogP contribution in [0.25, 0.3) is 5.69 Å². The van der Waals surface area contributed by atoms with Gasteiger partial charge >= 0.3 is 5.97 Å². The summed E-state index contributed by atoms with van der Waals surface area (Å²) < 4.78 is 1.68. The lowest BCUT2D eigenvalue weighted by molar-refractivity contribution is -0.136. The summed E-state index contributed by atoms with van der Waals surface area (Å²) in [6.45, 7) is 1.84. The van der Waals surface area contributed by atoms with Crippen LogP contribution in [0.3, 0.4) is 0 Å². The Balaban J connectivity index is 2.40. The predicted molar refractivity (Wildman–Crippen MR) is 64.7 cm³/mol. The Morgan fingerprint density at radius 1 is 1.53 bits per heavy atom. The molecule has 2 rings (SSSR count). The molecule has 1 N–H and O–H groups in total. The van der Waals surface area contributed by atoms with Gasteiger partial charge in [-0.1, -0.05) is 17.7 Å². The summed E-state index contributed by atoms with van der Waals surface area (Å²) in [6.07, 6.45) is 1.55. The van der Waals surface area contributed by atoms with Crippen LogP contribution in [0.15, 0.2) is 30.5 Å². The summed E-state index contributed by atoms with van der Waals surface area (Å²) >= 11 is 5.90. The molecular formula is C12H11ClN2O2.